The third kappa shape index (κ3) is 3.53. The lowest BCUT2D eigenvalue weighted by molar-refractivity contribution is 0.127. The topological polar surface area (TPSA) is 64.4 Å². The summed E-state index contributed by atoms with van der Waals surface area (Å²) in [5.74, 6) is 0.547. The van der Waals surface area contributed by atoms with Crippen LogP contribution < -0.4 is 10.6 Å². The average Bonchev–Trinajstić information content (AvgIpc) is 3.02. The first-order valence-electron chi connectivity index (χ1n) is 9.35. The summed E-state index contributed by atoms with van der Waals surface area (Å²) in [6.45, 7) is 3.06. The van der Waals surface area contributed by atoms with Gasteiger partial charge in [0.15, 0.2) is 6.17 Å². The lowest BCUT2D eigenvalue weighted by Gasteiger charge is -2.39. The van der Waals surface area contributed by atoms with E-state index in [0.717, 1.165) is 26.1 Å². The number of piperidine rings is 1. The van der Waals surface area contributed by atoms with Crippen molar-refractivity contribution in [3.05, 3.63) is 0 Å². The molecule has 0 aromatic rings. The van der Waals surface area contributed by atoms with E-state index in [2.05, 4.69) is 44.6 Å². The van der Waals surface area contributed by atoms with E-state index in [1.165, 1.54) is 37.8 Å². The first-order chi connectivity index (χ1) is 11.8. The van der Waals surface area contributed by atoms with Crippen LogP contribution >= 0.6 is 12.6 Å². The fraction of sp³-hybridized carbons (Fsp3) is 0.824. The molecule has 0 saturated carbocycles. The number of hydrogen-bond acceptors (Lipinski definition) is 7. The average molecular weight is 349 g/mol. The largest absolute Gasteiger partial charge is 0.309 e. The molecule has 24 heavy (non-hydrogen) atoms. The predicted octanol–water partition coefficient (Wildman–Crippen LogP) is 1.30. The zero-order valence-electron chi connectivity index (χ0n) is 14.1. The van der Waals surface area contributed by atoms with Crippen LogP contribution in [0.15, 0.2) is 15.1 Å². The number of fused-ring (bicyclic) bond motifs is 1. The summed E-state index contributed by atoms with van der Waals surface area (Å²) < 4.78 is 0. The van der Waals surface area contributed by atoms with Crippen LogP contribution in [0.4, 0.5) is 0 Å². The van der Waals surface area contributed by atoms with Crippen molar-refractivity contribution in [3.8, 4) is 0 Å². The summed E-state index contributed by atoms with van der Waals surface area (Å²) in [6.07, 6.45) is 11.5. The van der Waals surface area contributed by atoms with Crippen LogP contribution in [-0.4, -0.2) is 66.4 Å². The molecule has 5 unspecified atom stereocenters. The Bertz CT molecular complexity index is 527. The maximum Gasteiger partial charge on any atom is 0.155 e. The molecule has 132 valence electrons. The summed E-state index contributed by atoms with van der Waals surface area (Å²) in [5, 5.41) is 14.2. The number of hydrazone groups is 1. The van der Waals surface area contributed by atoms with Crippen molar-refractivity contribution in [1.29, 1.82) is 0 Å². The van der Waals surface area contributed by atoms with E-state index in [9.17, 15) is 0 Å². The van der Waals surface area contributed by atoms with Gasteiger partial charge in [-0.15, -0.1) is 0 Å². The van der Waals surface area contributed by atoms with Crippen LogP contribution in [0.5, 0.6) is 0 Å². The molecule has 0 bridgehead atoms. The van der Waals surface area contributed by atoms with Gasteiger partial charge in [0.2, 0.25) is 0 Å². The molecular weight excluding hydrogens is 320 g/mol. The van der Waals surface area contributed by atoms with Crippen molar-refractivity contribution in [2.24, 2.45) is 21.0 Å². The minimum Gasteiger partial charge on any atom is -0.309 e. The number of hydrogen-bond donors (Lipinski definition) is 3. The molecule has 4 aliphatic rings. The van der Waals surface area contributed by atoms with Crippen molar-refractivity contribution in [2.45, 2.75) is 62.1 Å². The van der Waals surface area contributed by atoms with E-state index in [0.29, 0.717) is 12.0 Å². The maximum atomic E-state index is 5.01. The summed E-state index contributed by atoms with van der Waals surface area (Å²) in [5.41, 5.74) is 1.30. The normalized spacial score (nSPS) is 39.0. The van der Waals surface area contributed by atoms with E-state index >= 15 is 0 Å². The molecule has 1 fully saturated rings. The number of nitrogens with one attached hydrogen (secondary N) is 2. The number of aliphatic imine (C=N–C) groups is 2. The van der Waals surface area contributed by atoms with Crippen molar-refractivity contribution in [3.63, 3.8) is 0 Å². The summed E-state index contributed by atoms with van der Waals surface area (Å²) in [4.78, 5) is 9.44. The second kappa shape index (κ2) is 7.54. The standard InChI is InChI=1S/C17H28N6S/c24-15-11-21-23-16(20-10-12-4-3-6-18-9-12)8-14(22-17(15)23)13-5-1-2-7-19-13/h9,11-13,15-17,19-20,24H,1-8,10H2. The molecule has 4 aliphatic heterocycles. The molecule has 0 radical (unpaired) electrons. The second-order valence-electron chi connectivity index (χ2n) is 7.26. The Morgan fingerprint density at radius 2 is 2.21 bits per heavy atom. The molecule has 0 amide bonds. The van der Waals surface area contributed by atoms with Gasteiger partial charge in [0.1, 0.15) is 6.17 Å². The molecule has 7 heteroatoms. The van der Waals surface area contributed by atoms with Gasteiger partial charge in [-0.25, -0.2) is 0 Å². The van der Waals surface area contributed by atoms with Gasteiger partial charge in [-0.05, 0) is 32.2 Å². The predicted molar refractivity (Wildman–Crippen MR) is 102 cm³/mol. The zero-order valence-corrected chi connectivity index (χ0v) is 15.0. The second-order valence-corrected chi connectivity index (χ2v) is 7.85. The van der Waals surface area contributed by atoms with Crippen LogP contribution in [0.2, 0.25) is 0 Å². The Kier molecular flexibility index (Phi) is 5.20. The van der Waals surface area contributed by atoms with Gasteiger partial charge in [0, 0.05) is 49.6 Å². The van der Waals surface area contributed by atoms with E-state index in [4.69, 9.17) is 4.99 Å². The molecule has 0 aromatic carbocycles. The molecular formula is C17H28N6S. The van der Waals surface area contributed by atoms with Gasteiger partial charge >= 0.3 is 0 Å². The highest BCUT2D eigenvalue weighted by molar-refractivity contribution is 7.81. The van der Waals surface area contributed by atoms with Gasteiger partial charge in [0.25, 0.3) is 0 Å². The van der Waals surface area contributed by atoms with Crippen molar-refractivity contribution in [2.75, 3.05) is 19.6 Å². The fourth-order valence-corrected chi connectivity index (χ4v) is 4.34. The van der Waals surface area contributed by atoms with Crippen LogP contribution in [0, 0.1) is 5.92 Å². The SMILES string of the molecule is SC1C=NN2C(NCC3C=NCCC3)CC(C3CCCCN3)=NC12. The van der Waals surface area contributed by atoms with Gasteiger partial charge < -0.3 is 5.32 Å². The van der Waals surface area contributed by atoms with Crippen LogP contribution in [0.1, 0.15) is 38.5 Å². The lowest BCUT2D eigenvalue weighted by atomic mass is 9.95. The van der Waals surface area contributed by atoms with Gasteiger partial charge in [0.05, 0.1) is 5.25 Å². The van der Waals surface area contributed by atoms with Crippen molar-refractivity contribution < 1.29 is 0 Å². The van der Waals surface area contributed by atoms with E-state index < -0.39 is 0 Å². The highest BCUT2D eigenvalue weighted by Crippen LogP contribution is 2.28. The third-order valence-electron chi connectivity index (χ3n) is 5.46. The molecule has 4 heterocycles. The Morgan fingerprint density at radius 1 is 1.25 bits per heavy atom. The first kappa shape index (κ1) is 16.5. The summed E-state index contributed by atoms with van der Waals surface area (Å²) in [6, 6.07) is 0.433. The van der Waals surface area contributed by atoms with Crippen LogP contribution in [-0.2, 0) is 0 Å². The molecule has 0 aromatic heterocycles. The molecule has 0 spiro atoms. The quantitative estimate of drug-likeness (QED) is 0.671. The smallest absolute Gasteiger partial charge is 0.155 e. The zero-order chi connectivity index (χ0) is 16.4. The fourth-order valence-electron chi connectivity index (χ4n) is 4.08. The van der Waals surface area contributed by atoms with Gasteiger partial charge in [-0.2, -0.15) is 17.7 Å². The summed E-state index contributed by atoms with van der Waals surface area (Å²) in [7, 11) is 0. The Balaban J connectivity index is 1.44. The molecule has 2 N–H and O–H groups in total. The number of nitrogens with zero attached hydrogens (tertiary/aromatic N) is 4. The highest BCUT2D eigenvalue weighted by Gasteiger charge is 2.39. The summed E-state index contributed by atoms with van der Waals surface area (Å²) >= 11 is 4.66. The monoisotopic (exact) mass is 348 g/mol. The van der Waals surface area contributed by atoms with Crippen molar-refractivity contribution in [1.82, 2.24) is 15.6 Å². The van der Waals surface area contributed by atoms with Gasteiger partial charge in [-0.3, -0.25) is 20.3 Å². The molecule has 4 rings (SSSR count). The van der Waals surface area contributed by atoms with Crippen LogP contribution in [0.25, 0.3) is 0 Å². The number of rotatable bonds is 4. The molecule has 0 aliphatic carbocycles. The van der Waals surface area contributed by atoms with Crippen molar-refractivity contribution >= 4 is 30.8 Å². The van der Waals surface area contributed by atoms with E-state index in [1.807, 2.05) is 6.21 Å². The molecule has 5 atom stereocenters. The van der Waals surface area contributed by atoms with E-state index in [-0.39, 0.29) is 17.6 Å². The van der Waals surface area contributed by atoms with Gasteiger partial charge in [-0.1, -0.05) is 6.42 Å². The Morgan fingerprint density at radius 3 is 3.00 bits per heavy atom. The third-order valence-corrected chi connectivity index (χ3v) is 5.86. The van der Waals surface area contributed by atoms with Crippen LogP contribution in [0.3, 0.4) is 0 Å². The highest BCUT2D eigenvalue weighted by atomic mass is 32.1. The minimum atomic E-state index is 0.0401. The minimum absolute atomic E-state index is 0.0401. The molecule has 6 nitrogen and oxygen atoms in total. The molecule has 1 saturated heterocycles. The maximum absolute atomic E-state index is 5.01. The lowest BCUT2D eigenvalue weighted by Crippen LogP contribution is -2.56. The Hall–Kier alpha value is -0.920. The first-order valence-corrected chi connectivity index (χ1v) is 9.87. The number of thiol groups is 1. The van der Waals surface area contributed by atoms with E-state index in [1.54, 1.807) is 0 Å². The Labute approximate surface area is 149 Å².